The Bertz CT molecular complexity index is 2020. The number of carbonyl (C=O) groups is 3. The summed E-state index contributed by atoms with van der Waals surface area (Å²) in [5.41, 5.74) is 5.13. The van der Waals surface area contributed by atoms with E-state index in [1.165, 1.54) is 24.3 Å². The van der Waals surface area contributed by atoms with E-state index < -0.39 is 17.9 Å². The van der Waals surface area contributed by atoms with Crippen molar-refractivity contribution in [2.24, 2.45) is 4.53 Å². The van der Waals surface area contributed by atoms with Gasteiger partial charge in [0.05, 0.1) is 86.1 Å². The molecule has 5 aromatic rings. The minimum absolute atomic E-state index is 0.0353. The van der Waals surface area contributed by atoms with E-state index in [-0.39, 0.29) is 67.3 Å². The first-order valence-corrected chi connectivity index (χ1v) is 15.5. The molecule has 0 aromatic carbocycles. The molecule has 2 aliphatic heterocycles. The van der Waals surface area contributed by atoms with Crippen LogP contribution in [0.2, 0.25) is 0 Å². The molecule has 2 unspecified atom stereocenters. The molecule has 2 aliphatic rings. The third kappa shape index (κ3) is 7.18. The molecule has 244 valence electrons. The molecule has 12 bridgehead atoms. The summed E-state index contributed by atoms with van der Waals surface area (Å²) < 4.78 is 3.13. The van der Waals surface area contributed by atoms with Crippen molar-refractivity contribution < 1.29 is 29.4 Å². The molecule has 2 N–H and O–H groups in total. The van der Waals surface area contributed by atoms with Gasteiger partial charge in [-0.2, -0.15) is 0 Å². The zero-order valence-corrected chi connectivity index (χ0v) is 26.5. The molecule has 5 aromatic heterocycles. The van der Waals surface area contributed by atoms with Crippen molar-refractivity contribution in [3.8, 4) is 22.8 Å². The number of aromatic nitrogens is 5. The van der Waals surface area contributed by atoms with Crippen molar-refractivity contribution in [1.82, 2.24) is 34.7 Å². The molecule has 0 aliphatic carbocycles. The number of nitrogens with zero attached hydrogens (tertiary/aromatic N) is 8. The van der Waals surface area contributed by atoms with Gasteiger partial charge < -0.3 is 15.1 Å². The molecular formula is C34H26N8O6S. The van der Waals surface area contributed by atoms with Crippen LogP contribution in [0.3, 0.4) is 0 Å². The van der Waals surface area contributed by atoms with Gasteiger partial charge in [0.25, 0.3) is 0 Å². The number of rotatable bonds is 4. The van der Waals surface area contributed by atoms with Crippen molar-refractivity contribution in [3.05, 3.63) is 124 Å². The predicted octanol–water partition coefficient (Wildman–Crippen LogP) is 4.23. The number of hydrogen-bond donors (Lipinski definition) is 2. The highest BCUT2D eigenvalue weighted by molar-refractivity contribution is 7.47. The van der Waals surface area contributed by atoms with Crippen molar-refractivity contribution in [2.45, 2.75) is 39.3 Å². The fourth-order valence-electron chi connectivity index (χ4n) is 5.99. The van der Waals surface area contributed by atoms with Crippen LogP contribution in [0.25, 0.3) is 22.8 Å². The number of carboxylic acids is 2. The summed E-state index contributed by atoms with van der Waals surface area (Å²) in [5, 5.41) is 20.1. The minimum atomic E-state index is -1.18. The smallest absolute Gasteiger partial charge is 0.367 e. The average molecular weight is 675 g/mol. The monoisotopic (exact) mass is 674 g/mol. The lowest BCUT2D eigenvalue weighted by atomic mass is 10.1. The van der Waals surface area contributed by atoms with E-state index in [4.69, 9.17) is 29.8 Å². The first-order chi connectivity index (χ1) is 23.7. The Balaban J connectivity index is 1.49. The highest BCUT2D eigenvalue weighted by Crippen LogP contribution is 2.26. The molecule has 49 heavy (non-hydrogen) atoms. The quantitative estimate of drug-likeness (QED) is 0.258. The van der Waals surface area contributed by atoms with Crippen molar-refractivity contribution in [1.29, 1.82) is 0 Å². The Kier molecular flexibility index (Phi) is 8.61. The van der Waals surface area contributed by atoms with Crippen LogP contribution in [-0.2, 0) is 56.5 Å². The zero-order chi connectivity index (χ0) is 34.1. The predicted molar refractivity (Wildman–Crippen MR) is 174 cm³/mol. The van der Waals surface area contributed by atoms with Gasteiger partial charge in [0, 0.05) is 39.3 Å². The van der Waals surface area contributed by atoms with Gasteiger partial charge in [0.1, 0.15) is 0 Å². The highest BCUT2D eigenvalue weighted by Gasteiger charge is 2.22. The number of aromatic carboxylic acids is 2. The lowest BCUT2D eigenvalue weighted by molar-refractivity contribution is 0.0527. The van der Waals surface area contributed by atoms with E-state index in [1.807, 2.05) is 46.2 Å². The van der Waals surface area contributed by atoms with E-state index >= 15 is 0 Å². The summed E-state index contributed by atoms with van der Waals surface area (Å²) in [5.74, 6) is -3.10. The van der Waals surface area contributed by atoms with E-state index in [0.29, 0.717) is 45.6 Å². The molecule has 0 amide bonds. The molecule has 7 heterocycles. The van der Waals surface area contributed by atoms with E-state index in [0.717, 1.165) is 0 Å². The number of carboxylic acid groups (broad SMARTS) is 2. The summed E-state index contributed by atoms with van der Waals surface area (Å²) in [6.45, 7) is 1.27. The minimum Gasteiger partial charge on any atom is -0.478 e. The van der Waals surface area contributed by atoms with Gasteiger partial charge in [-0.1, -0.05) is 12.1 Å². The van der Waals surface area contributed by atoms with Crippen molar-refractivity contribution in [2.75, 3.05) is 0 Å². The Labute approximate surface area is 284 Å². The lowest BCUT2D eigenvalue weighted by Gasteiger charge is -2.23. The fourth-order valence-corrected chi connectivity index (χ4v) is 6.06. The molecule has 2 atom stereocenters. The van der Waals surface area contributed by atoms with Gasteiger partial charge in [-0.25, -0.2) is 34.3 Å². The van der Waals surface area contributed by atoms with Crippen LogP contribution in [-0.4, -0.2) is 62.8 Å². The van der Waals surface area contributed by atoms with Gasteiger partial charge >= 0.3 is 17.9 Å². The molecule has 0 radical (unpaired) electrons. The second kappa shape index (κ2) is 13.3. The zero-order valence-electron chi connectivity index (χ0n) is 25.7. The molecule has 0 saturated heterocycles. The number of hydrogen-bond acceptors (Lipinski definition) is 13. The summed E-state index contributed by atoms with van der Waals surface area (Å²) in [6.07, 6.45) is 0. The van der Waals surface area contributed by atoms with Gasteiger partial charge in [0.15, 0.2) is 0 Å². The van der Waals surface area contributed by atoms with E-state index in [2.05, 4.69) is 17.0 Å². The maximum Gasteiger partial charge on any atom is 0.367 e. The van der Waals surface area contributed by atoms with Crippen LogP contribution in [0.5, 0.6) is 0 Å². The second-order valence-corrected chi connectivity index (χ2v) is 11.8. The van der Waals surface area contributed by atoms with Gasteiger partial charge in [-0.05, 0) is 65.2 Å². The van der Waals surface area contributed by atoms with Crippen LogP contribution in [0.4, 0.5) is 0 Å². The first-order valence-electron chi connectivity index (χ1n) is 15.1. The van der Waals surface area contributed by atoms with Crippen LogP contribution in [0.15, 0.2) is 77.3 Å². The number of carbonyl (C=O) groups excluding carboxylic acids is 1. The van der Waals surface area contributed by atoms with Crippen molar-refractivity contribution in [3.63, 3.8) is 0 Å². The number of pyridine rings is 5. The lowest BCUT2D eigenvalue weighted by Crippen LogP contribution is -2.26. The molecule has 0 spiro atoms. The van der Waals surface area contributed by atoms with Crippen LogP contribution >= 0.6 is 0 Å². The van der Waals surface area contributed by atoms with Gasteiger partial charge in [-0.15, -0.1) is 0 Å². The Morgan fingerprint density at radius 3 is 1.37 bits per heavy atom. The number of fused-ring (bicyclic) bond motifs is 12. The summed E-state index contributed by atoms with van der Waals surface area (Å²) >= 11 is 4.53. The fraction of sp³-hybridized carbons (Fsp3) is 0.176. The Hall–Kier alpha value is -5.90. The highest BCUT2D eigenvalue weighted by atomic mass is 32.1. The van der Waals surface area contributed by atoms with Crippen molar-refractivity contribution >= 4 is 30.3 Å². The normalized spacial score (nSPS) is 16.6. The summed E-state index contributed by atoms with van der Waals surface area (Å²) in [6, 6.07) is 20.2. The SMILES string of the molecule is O=C(O)c1cc2nc(c1)-c1cc(C(=O)O)cc(n1)CN1Cc3cc(C(=O)ON=S)cc(n3)CN(Cc3cccc(n3)-c3cccc(n3)C1)C2. The molecule has 14 nitrogen and oxygen atoms in total. The first kappa shape index (κ1) is 31.7. The largest absolute Gasteiger partial charge is 0.478 e. The molecule has 7 rings (SSSR count). The van der Waals surface area contributed by atoms with Crippen LogP contribution in [0, 0.1) is 0 Å². The molecule has 15 heteroatoms. The maximum absolute atomic E-state index is 12.9. The molecule has 0 fully saturated rings. The van der Waals surface area contributed by atoms with E-state index in [1.54, 1.807) is 12.1 Å². The summed E-state index contributed by atoms with van der Waals surface area (Å²) in [7, 11) is 0. The molecular weight excluding hydrogens is 648 g/mol. The topological polar surface area (TPSA) is 184 Å². The Morgan fingerprint density at radius 2 is 0.939 bits per heavy atom. The Morgan fingerprint density at radius 1 is 0.551 bits per heavy atom. The maximum atomic E-state index is 12.9. The summed E-state index contributed by atoms with van der Waals surface area (Å²) in [4.78, 5) is 70.5. The van der Waals surface area contributed by atoms with Gasteiger partial charge in [-0.3, -0.25) is 14.8 Å². The molecule has 0 saturated carbocycles. The third-order valence-electron chi connectivity index (χ3n) is 7.99. The van der Waals surface area contributed by atoms with Crippen LogP contribution < -0.4 is 0 Å². The second-order valence-electron chi connectivity index (χ2n) is 11.7. The third-order valence-corrected chi connectivity index (χ3v) is 8.06. The van der Waals surface area contributed by atoms with Crippen LogP contribution in [0.1, 0.15) is 65.2 Å². The average Bonchev–Trinajstić information content (AvgIpc) is 3.07. The van der Waals surface area contributed by atoms with E-state index in [9.17, 15) is 24.6 Å². The van der Waals surface area contributed by atoms with Gasteiger partial charge in [0.2, 0.25) is 0 Å². The standard InChI is InChI=1S/C34H26N8O6S/c43-32(44)19-7-26-17-41-13-22-3-1-5-28(36-22)29-6-2-4-23(37-29)14-42(16-25-10-21(34(47)48-40-49)9-24(15-41)35-25)18-27-8-20(33(45)46)12-31(39-27)30(11-19)38-26/h1-12H,13-18H2,(H,43,44)(H,45,46).